The lowest BCUT2D eigenvalue weighted by atomic mass is 9.36. The number of carbonyl (C=O) groups excluding carboxylic acids is 1. The van der Waals surface area contributed by atoms with Gasteiger partial charge in [0.15, 0.2) is 5.79 Å². The highest BCUT2D eigenvalue weighted by Gasteiger charge is 2.84. The van der Waals surface area contributed by atoms with Crippen LogP contribution in [0.3, 0.4) is 0 Å². The summed E-state index contributed by atoms with van der Waals surface area (Å²) >= 11 is 0. The van der Waals surface area contributed by atoms with Crippen LogP contribution < -0.4 is 0 Å². The molecular weight excluding hydrogens is 360 g/mol. The lowest BCUT2D eigenvalue weighted by Gasteiger charge is -2.74. The van der Waals surface area contributed by atoms with Gasteiger partial charge in [-0.15, -0.1) is 0 Å². The highest BCUT2D eigenvalue weighted by atomic mass is 16.6. The molecule has 3 N–H and O–H groups in total. The highest BCUT2D eigenvalue weighted by molar-refractivity contribution is 5.66. The molecule has 0 unspecified atom stereocenters. The molecule has 4 bridgehead atoms. The third-order valence-corrected chi connectivity index (χ3v) is 9.41. The summed E-state index contributed by atoms with van der Waals surface area (Å²) in [5.74, 6) is -2.25. The number of rotatable bonds is 1. The molecule has 4 saturated carbocycles. The highest BCUT2D eigenvalue weighted by Crippen LogP contribution is 2.77. The van der Waals surface area contributed by atoms with Crippen LogP contribution in [0.5, 0.6) is 0 Å². The lowest BCUT2D eigenvalue weighted by Crippen LogP contribution is -2.81. The van der Waals surface area contributed by atoms with E-state index in [-0.39, 0.29) is 35.2 Å². The van der Waals surface area contributed by atoms with Crippen molar-refractivity contribution in [2.24, 2.45) is 34.0 Å². The molecule has 6 rings (SSSR count). The molecule has 156 valence electrons. The van der Waals surface area contributed by atoms with E-state index >= 15 is 0 Å². The fourth-order valence-corrected chi connectivity index (χ4v) is 8.34. The second-order valence-corrected chi connectivity index (χ2v) is 10.7. The maximum absolute atomic E-state index is 12.0. The molecule has 0 aromatic carbocycles. The quantitative estimate of drug-likeness (QED) is 0.465. The molecule has 0 amide bonds. The topological polar surface area (TPSA) is 96.2 Å². The number of aliphatic hydroxyl groups excluding tert-OH is 2. The predicted molar refractivity (Wildman–Crippen MR) is 99.8 cm³/mol. The van der Waals surface area contributed by atoms with Gasteiger partial charge in [0.1, 0.15) is 6.10 Å². The third-order valence-electron chi connectivity index (χ3n) is 9.41. The second kappa shape index (κ2) is 5.39. The summed E-state index contributed by atoms with van der Waals surface area (Å²) in [5.41, 5.74) is -1.17. The van der Waals surface area contributed by atoms with Crippen molar-refractivity contribution in [1.82, 2.24) is 0 Å². The first-order chi connectivity index (χ1) is 13.0. The van der Waals surface area contributed by atoms with Gasteiger partial charge in [-0.3, -0.25) is 4.79 Å². The van der Waals surface area contributed by atoms with Gasteiger partial charge < -0.3 is 24.8 Å². The predicted octanol–water partition coefficient (Wildman–Crippen LogP) is 1.77. The maximum Gasteiger partial charge on any atom is 0.302 e. The Morgan fingerprint density at radius 2 is 1.93 bits per heavy atom. The fourth-order valence-electron chi connectivity index (χ4n) is 8.34. The fraction of sp³-hybridized carbons (Fsp3) is 0.864. The van der Waals surface area contributed by atoms with Crippen molar-refractivity contribution in [2.75, 3.05) is 6.61 Å². The molecule has 0 aromatic rings. The lowest BCUT2D eigenvalue weighted by molar-refractivity contribution is -0.446. The summed E-state index contributed by atoms with van der Waals surface area (Å²) in [6, 6.07) is 0. The van der Waals surface area contributed by atoms with Crippen molar-refractivity contribution in [2.45, 2.75) is 77.0 Å². The van der Waals surface area contributed by atoms with Gasteiger partial charge in [-0.2, -0.15) is 0 Å². The van der Waals surface area contributed by atoms with Gasteiger partial charge in [0, 0.05) is 24.7 Å². The molecule has 28 heavy (non-hydrogen) atoms. The van der Waals surface area contributed by atoms with E-state index in [0.29, 0.717) is 18.6 Å². The third kappa shape index (κ3) is 1.83. The summed E-state index contributed by atoms with van der Waals surface area (Å²) in [6.07, 6.45) is 1.18. The van der Waals surface area contributed by atoms with Crippen LogP contribution in [0.4, 0.5) is 0 Å². The number of hydrogen-bond acceptors (Lipinski definition) is 6. The first kappa shape index (κ1) is 19.0. The van der Waals surface area contributed by atoms with Gasteiger partial charge in [-0.05, 0) is 48.5 Å². The molecule has 4 aliphatic carbocycles. The van der Waals surface area contributed by atoms with E-state index in [1.54, 1.807) is 0 Å². The van der Waals surface area contributed by atoms with Crippen molar-refractivity contribution >= 4 is 5.97 Å². The Hall–Kier alpha value is -0.950. The standard InChI is InChI=1S/C22H32O6/c1-11-13-5-6-14-20-10-27-21(26,22(14,17(11)24)18(13)25)9-15(20)19(3,4)8-7-16(20)28-12(2)23/h13-18,24-26H,1,5-10H2,2-4H3/t13-,14-,15+,16-,17+,18-,20-,21+,22-/m0/s1. The van der Waals surface area contributed by atoms with Gasteiger partial charge in [-0.1, -0.05) is 20.4 Å². The molecule has 2 aliphatic heterocycles. The summed E-state index contributed by atoms with van der Waals surface area (Å²) in [7, 11) is 0. The van der Waals surface area contributed by atoms with Crippen molar-refractivity contribution in [1.29, 1.82) is 0 Å². The molecule has 6 fully saturated rings. The summed E-state index contributed by atoms with van der Waals surface area (Å²) in [4.78, 5) is 12.0. The first-order valence-electron chi connectivity index (χ1n) is 10.6. The zero-order chi connectivity index (χ0) is 20.3. The van der Waals surface area contributed by atoms with E-state index in [0.717, 1.165) is 25.7 Å². The van der Waals surface area contributed by atoms with Gasteiger partial charge in [-0.25, -0.2) is 0 Å². The van der Waals surface area contributed by atoms with Crippen LogP contribution in [0.2, 0.25) is 0 Å². The van der Waals surface area contributed by atoms with Crippen LogP contribution in [-0.2, 0) is 14.3 Å². The van der Waals surface area contributed by atoms with Gasteiger partial charge in [0.2, 0.25) is 0 Å². The van der Waals surface area contributed by atoms with Crippen molar-refractivity contribution in [3.8, 4) is 0 Å². The molecular formula is C22H32O6. The van der Waals surface area contributed by atoms with Crippen molar-refractivity contribution < 1.29 is 29.6 Å². The Kier molecular flexibility index (Phi) is 3.67. The van der Waals surface area contributed by atoms with E-state index in [9.17, 15) is 20.1 Å². The average molecular weight is 392 g/mol. The van der Waals surface area contributed by atoms with E-state index in [2.05, 4.69) is 20.4 Å². The molecule has 2 spiro atoms. The largest absolute Gasteiger partial charge is 0.462 e. The maximum atomic E-state index is 12.0. The SMILES string of the molecule is C=C1[C@@H](O)[C@]23[C@@H](O)[C@H]1CC[C@H]2[C@@]12CO[C@]3(O)C[C@@H]1C(C)(C)CC[C@@H]2OC(C)=O. The Morgan fingerprint density at radius 1 is 1.21 bits per heavy atom. The molecule has 2 heterocycles. The Morgan fingerprint density at radius 3 is 2.61 bits per heavy atom. The zero-order valence-corrected chi connectivity index (χ0v) is 17.0. The van der Waals surface area contributed by atoms with E-state index in [1.807, 2.05) is 0 Å². The molecule has 0 radical (unpaired) electrons. The average Bonchev–Trinajstić information content (AvgIpc) is 2.73. The molecule has 0 aromatic heterocycles. The smallest absolute Gasteiger partial charge is 0.302 e. The first-order valence-corrected chi connectivity index (χ1v) is 10.6. The number of hydrogen-bond donors (Lipinski definition) is 3. The van der Waals surface area contributed by atoms with Gasteiger partial charge in [0.05, 0.1) is 24.2 Å². The zero-order valence-electron chi connectivity index (χ0n) is 17.0. The molecule has 6 heteroatoms. The number of ether oxygens (including phenoxy) is 2. The number of carbonyl (C=O) groups is 1. The van der Waals surface area contributed by atoms with Gasteiger partial charge in [0.25, 0.3) is 0 Å². The van der Waals surface area contributed by atoms with E-state index < -0.39 is 28.8 Å². The minimum absolute atomic E-state index is 0.0572. The normalized spacial score (nSPS) is 56.1. The molecule has 2 saturated heterocycles. The summed E-state index contributed by atoms with van der Waals surface area (Å²) in [5, 5.41) is 34.4. The monoisotopic (exact) mass is 392 g/mol. The minimum atomic E-state index is -1.60. The minimum Gasteiger partial charge on any atom is -0.462 e. The Bertz CT molecular complexity index is 747. The summed E-state index contributed by atoms with van der Waals surface area (Å²) < 4.78 is 12.0. The van der Waals surface area contributed by atoms with Crippen LogP contribution in [-0.4, -0.2) is 52.0 Å². The van der Waals surface area contributed by atoms with E-state index in [1.165, 1.54) is 6.92 Å². The van der Waals surface area contributed by atoms with Crippen LogP contribution in [0.15, 0.2) is 12.2 Å². The number of aliphatic hydroxyl groups is 3. The Balaban J connectivity index is 1.73. The van der Waals surface area contributed by atoms with Crippen molar-refractivity contribution in [3.05, 3.63) is 12.2 Å². The van der Waals surface area contributed by atoms with Crippen LogP contribution >= 0.6 is 0 Å². The molecule has 9 atom stereocenters. The molecule has 6 nitrogen and oxygen atoms in total. The number of fused-ring (bicyclic) bond motifs is 2. The molecule has 6 aliphatic rings. The summed E-state index contributed by atoms with van der Waals surface area (Å²) in [6.45, 7) is 10.2. The van der Waals surface area contributed by atoms with Crippen molar-refractivity contribution in [3.63, 3.8) is 0 Å². The van der Waals surface area contributed by atoms with E-state index in [4.69, 9.17) is 9.47 Å². The second-order valence-electron chi connectivity index (χ2n) is 10.7. The number of esters is 1. The Labute approximate surface area is 165 Å². The van der Waals surface area contributed by atoms with Crippen LogP contribution in [0, 0.1) is 34.0 Å². The van der Waals surface area contributed by atoms with Crippen LogP contribution in [0.25, 0.3) is 0 Å². The van der Waals surface area contributed by atoms with Gasteiger partial charge >= 0.3 is 5.97 Å². The van der Waals surface area contributed by atoms with Crippen LogP contribution in [0.1, 0.15) is 52.9 Å².